The Morgan fingerprint density at radius 2 is 2.05 bits per heavy atom. The van der Waals surface area contributed by atoms with E-state index in [1.54, 1.807) is 17.5 Å². The Bertz CT molecular complexity index is 642. The van der Waals surface area contributed by atoms with Gasteiger partial charge in [0.05, 0.1) is 5.69 Å². The summed E-state index contributed by atoms with van der Waals surface area (Å²) in [4.78, 5) is 0. The molecule has 1 atom stereocenters. The van der Waals surface area contributed by atoms with Crippen LogP contribution in [0.2, 0.25) is 0 Å². The Morgan fingerprint density at radius 3 is 2.71 bits per heavy atom. The lowest BCUT2D eigenvalue weighted by atomic mass is 10.1. The van der Waals surface area contributed by atoms with Crippen LogP contribution in [0.3, 0.4) is 0 Å². The van der Waals surface area contributed by atoms with E-state index in [-0.39, 0.29) is 0 Å². The van der Waals surface area contributed by atoms with Gasteiger partial charge in [0, 0.05) is 25.0 Å². The van der Waals surface area contributed by atoms with Crippen LogP contribution in [-0.4, -0.2) is 15.8 Å². The first kappa shape index (κ1) is 14.0. The van der Waals surface area contributed by atoms with Gasteiger partial charge in [-0.1, -0.05) is 12.1 Å². The van der Waals surface area contributed by atoms with Gasteiger partial charge in [-0.15, -0.1) is 0 Å². The van der Waals surface area contributed by atoms with Crippen molar-refractivity contribution in [3.63, 3.8) is 0 Å². The third kappa shape index (κ3) is 3.80. The highest BCUT2D eigenvalue weighted by Gasteiger charge is 2.04. The van der Waals surface area contributed by atoms with E-state index in [0.717, 1.165) is 18.7 Å². The van der Waals surface area contributed by atoms with E-state index in [2.05, 4.69) is 58.4 Å². The number of benzene rings is 1. The maximum Gasteiger partial charge on any atom is 0.0645 e. The Kier molecular flexibility index (Phi) is 4.48. The summed E-state index contributed by atoms with van der Waals surface area (Å²) < 4.78 is 1.87. The van der Waals surface area contributed by atoms with Gasteiger partial charge in [-0.25, -0.2) is 4.68 Å². The van der Waals surface area contributed by atoms with Crippen LogP contribution in [0.15, 0.2) is 59.6 Å². The minimum absolute atomic E-state index is 0.477. The van der Waals surface area contributed by atoms with Crippen molar-refractivity contribution in [2.45, 2.75) is 25.9 Å². The van der Waals surface area contributed by atoms with Gasteiger partial charge in [-0.05, 0) is 59.5 Å². The molecule has 1 N–H and O–H groups in total. The average molecular weight is 297 g/mol. The van der Waals surface area contributed by atoms with Crippen LogP contribution in [0.5, 0.6) is 0 Å². The van der Waals surface area contributed by atoms with Gasteiger partial charge in [0.15, 0.2) is 0 Å². The van der Waals surface area contributed by atoms with Crippen molar-refractivity contribution >= 4 is 11.3 Å². The van der Waals surface area contributed by atoms with Gasteiger partial charge in [0.2, 0.25) is 0 Å². The monoisotopic (exact) mass is 297 g/mol. The van der Waals surface area contributed by atoms with Crippen molar-refractivity contribution in [2.75, 3.05) is 0 Å². The SMILES string of the molecule is CC(Cc1ccsc1)NCc1ccc(-n2cccn2)cc1. The van der Waals surface area contributed by atoms with Gasteiger partial charge in [-0.2, -0.15) is 16.4 Å². The summed E-state index contributed by atoms with van der Waals surface area (Å²) in [7, 11) is 0. The van der Waals surface area contributed by atoms with Crippen LogP contribution < -0.4 is 5.32 Å². The molecule has 0 spiro atoms. The molecule has 3 rings (SSSR count). The molecule has 2 aromatic heterocycles. The molecule has 0 bridgehead atoms. The maximum absolute atomic E-state index is 4.23. The molecule has 3 nitrogen and oxygen atoms in total. The fraction of sp³-hybridized carbons (Fsp3) is 0.235. The molecule has 1 aromatic carbocycles. The summed E-state index contributed by atoms with van der Waals surface area (Å²) in [5.41, 5.74) is 3.80. The summed E-state index contributed by atoms with van der Waals surface area (Å²) in [6, 6.07) is 13.1. The molecule has 3 aromatic rings. The Hall–Kier alpha value is -1.91. The average Bonchev–Trinajstić information content (AvgIpc) is 3.19. The highest BCUT2D eigenvalue weighted by molar-refractivity contribution is 7.07. The number of thiophene rings is 1. The summed E-state index contributed by atoms with van der Waals surface area (Å²) in [5, 5.41) is 12.2. The number of aromatic nitrogens is 2. The lowest BCUT2D eigenvalue weighted by Gasteiger charge is -2.13. The fourth-order valence-corrected chi connectivity index (χ4v) is 3.00. The minimum atomic E-state index is 0.477. The topological polar surface area (TPSA) is 29.9 Å². The second kappa shape index (κ2) is 6.70. The first-order valence-electron chi connectivity index (χ1n) is 7.15. The quantitative estimate of drug-likeness (QED) is 0.752. The summed E-state index contributed by atoms with van der Waals surface area (Å²) in [5.74, 6) is 0. The number of nitrogens with zero attached hydrogens (tertiary/aromatic N) is 2. The molecule has 0 saturated heterocycles. The van der Waals surface area contributed by atoms with Crippen molar-refractivity contribution in [1.82, 2.24) is 15.1 Å². The van der Waals surface area contributed by atoms with Crippen molar-refractivity contribution in [3.05, 3.63) is 70.7 Å². The molecular formula is C17H19N3S. The zero-order valence-corrected chi connectivity index (χ0v) is 12.9. The third-order valence-electron chi connectivity index (χ3n) is 3.48. The number of rotatable bonds is 6. The Morgan fingerprint density at radius 1 is 1.19 bits per heavy atom. The van der Waals surface area contributed by atoms with Gasteiger partial charge >= 0.3 is 0 Å². The molecule has 2 heterocycles. The van der Waals surface area contributed by atoms with Crippen LogP contribution in [0.25, 0.3) is 5.69 Å². The van der Waals surface area contributed by atoms with Crippen LogP contribution in [-0.2, 0) is 13.0 Å². The molecule has 4 heteroatoms. The van der Waals surface area contributed by atoms with E-state index < -0.39 is 0 Å². The molecule has 0 aliphatic heterocycles. The zero-order chi connectivity index (χ0) is 14.5. The van der Waals surface area contributed by atoms with Gasteiger partial charge < -0.3 is 5.32 Å². The molecule has 21 heavy (non-hydrogen) atoms. The first-order valence-corrected chi connectivity index (χ1v) is 8.09. The first-order chi connectivity index (χ1) is 10.3. The van der Waals surface area contributed by atoms with Gasteiger partial charge in [-0.3, -0.25) is 0 Å². The van der Waals surface area contributed by atoms with Gasteiger partial charge in [0.1, 0.15) is 0 Å². The fourth-order valence-electron chi connectivity index (χ4n) is 2.31. The van der Waals surface area contributed by atoms with E-state index in [1.165, 1.54) is 11.1 Å². The van der Waals surface area contributed by atoms with Crippen molar-refractivity contribution in [3.8, 4) is 5.69 Å². The third-order valence-corrected chi connectivity index (χ3v) is 4.21. The number of hydrogen-bond donors (Lipinski definition) is 1. The molecule has 0 aliphatic carbocycles. The van der Waals surface area contributed by atoms with Crippen molar-refractivity contribution in [2.24, 2.45) is 0 Å². The van der Waals surface area contributed by atoms with Gasteiger partial charge in [0.25, 0.3) is 0 Å². The minimum Gasteiger partial charge on any atom is -0.310 e. The highest BCUT2D eigenvalue weighted by atomic mass is 32.1. The van der Waals surface area contributed by atoms with E-state index in [0.29, 0.717) is 6.04 Å². The number of nitrogens with one attached hydrogen (secondary N) is 1. The second-order valence-electron chi connectivity index (χ2n) is 5.23. The zero-order valence-electron chi connectivity index (χ0n) is 12.1. The maximum atomic E-state index is 4.23. The summed E-state index contributed by atoms with van der Waals surface area (Å²) in [6.45, 7) is 3.13. The molecule has 108 valence electrons. The molecule has 0 radical (unpaired) electrons. The molecule has 0 saturated carbocycles. The largest absolute Gasteiger partial charge is 0.310 e. The van der Waals surface area contributed by atoms with Crippen molar-refractivity contribution < 1.29 is 0 Å². The highest BCUT2D eigenvalue weighted by Crippen LogP contribution is 2.11. The molecule has 0 amide bonds. The van der Waals surface area contributed by atoms with Crippen LogP contribution in [0.1, 0.15) is 18.1 Å². The molecule has 0 fully saturated rings. The second-order valence-corrected chi connectivity index (χ2v) is 6.01. The number of hydrogen-bond acceptors (Lipinski definition) is 3. The van der Waals surface area contributed by atoms with Crippen molar-refractivity contribution in [1.29, 1.82) is 0 Å². The van der Waals surface area contributed by atoms with E-state index in [4.69, 9.17) is 0 Å². The normalized spacial score (nSPS) is 12.4. The van der Waals surface area contributed by atoms with E-state index >= 15 is 0 Å². The molecule has 1 unspecified atom stereocenters. The molecular weight excluding hydrogens is 278 g/mol. The van der Waals surface area contributed by atoms with Crippen LogP contribution in [0.4, 0.5) is 0 Å². The van der Waals surface area contributed by atoms with E-state index in [9.17, 15) is 0 Å². The van der Waals surface area contributed by atoms with Crippen LogP contribution >= 0.6 is 11.3 Å². The Labute approximate surface area is 129 Å². The predicted octanol–water partition coefficient (Wildman–Crippen LogP) is 3.65. The standard InChI is InChI=1S/C17H19N3S/c1-14(11-16-7-10-21-13-16)18-12-15-3-5-17(6-4-15)20-9-2-8-19-20/h2-10,13-14,18H,11-12H2,1H3. The predicted molar refractivity (Wildman–Crippen MR) is 87.9 cm³/mol. The van der Waals surface area contributed by atoms with E-state index in [1.807, 2.05) is 16.9 Å². The smallest absolute Gasteiger partial charge is 0.0645 e. The lowest BCUT2D eigenvalue weighted by molar-refractivity contribution is 0.546. The summed E-state index contributed by atoms with van der Waals surface area (Å²) >= 11 is 1.76. The lowest BCUT2D eigenvalue weighted by Crippen LogP contribution is -2.27. The summed E-state index contributed by atoms with van der Waals surface area (Å²) in [6.07, 6.45) is 4.83. The van der Waals surface area contributed by atoms with Crippen LogP contribution in [0, 0.1) is 0 Å². The molecule has 0 aliphatic rings. The Balaban J connectivity index is 1.53.